The number of ether oxygens (including phenoxy) is 2. The minimum Gasteiger partial charge on any atom is -0.507 e. The number of phenols is 1. The maximum atomic E-state index is 13.1. The first-order valence-electron chi connectivity index (χ1n) is 20.8. The van der Waals surface area contributed by atoms with E-state index in [0.29, 0.717) is 25.2 Å². The normalized spacial score (nSPS) is 12.5. The molecule has 1 atom stereocenters. The van der Waals surface area contributed by atoms with Crippen LogP contribution in [0, 0.1) is 13.8 Å². The summed E-state index contributed by atoms with van der Waals surface area (Å²) in [5.74, 6) is 2.14. The highest BCUT2D eigenvalue weighted by atomic mass is 32.2. The molecule has 0 aliphatic carbocycles. The number of phenolic OH excluding ortho intramolecular Hbond substituents is 1. The molecule has 5 heteroatoms. The summed E-state index contributed by atoms with van der Waals surface area (Å²) < 4.78 is 12.1. The zero-order valence-electron chi connectivity index (χ0n) is 33.5. The molecule has 0 aliphatic rings. The number of carbonyl (C=O) groups excluding carboxylic acids is 1. The zero-order valence-corrected chi connectivity index (χ0v) is 34.4. The van der Waals surface area contributed by atoms with E-state index in [1.54, 1.807) is 0 Å². The number of hydrogen-bond donors (Lipinski definition) is 1. The second kappa shape index (κ2) is 29.4. The minimum atomic E-state index is -0.202. The summed E-state index contributed by atoms with van der Waals surface area (Å²) in [5.41, 5.74) is 3.85. The highest BCUT2D eigenvalue weighted by Gasteiger charge is 2.23. The number of carbonyl (C=O) groups is 1. The third-order valence-corrected chi connectivity index (χ3v) is 11.3. The van der Waals surface area contributed by atoms with Crippen molar-refractivity contribution >= 4 is 17.7 Å². The first-order valence-corrected chi connectivity index (χ1v) is 21.9. The molecular weight excluding hydrogens is 625 g/mol. The summed E-state index contributed by atoms with van der Waals surface area (Å²) in [5, 5.41) is 10.7. The predicted molar refractivity (Wildman–Crippen MR) is 216 cm³/mol. The van der Waals surface area contributed by atoms with Gasteiger partial charge in [-0.3, -0.25) is 4.79 Å². The van der Waals surface area contributed by atoms with Crippen LogP contribution in [-0.2, 0) is 26.1 Å². The molecule has 0 heterocycles. The Kier molecular flexibility index (Phi) is 27.5. The highest BCUT2D eigenvalue weighted by Crippen LogP contribution is 2.36. The van der Waals surface area contributed by atoms with Crippen LogP contribution < -0.4 is 0 Å². The lowest BCUT2D eigenvalue weighted by molar-refractivity contribution is -0.150. The third kappa shape index (κ3) is 23.1. The van der Waals surface area contributed by atoms with E-state index in [1.165, 1.54) is 135 Å². The Hall–Kier alpha value is -1.20. The van der Waals surface area contributed by atoms with Crippen LogP contribution >= 0.6 is 11.8 Å². The summed E-state index contributed by atoms with van der Waals surface area (Å²) in [4.78, 5) is 13.1. The Morgan fingerprint density at radius 2 is 1.18 bits per heavy atom. The van der Waals surface area contributed by atoms with Crippen molar-refractivity contribution < 1.29 is 19.4 Å². The SMILES string of the molecule is CCCCCCCCCCCCCCCCCCSCC(COCCCCCCCC)OC(=O)CCc1cc(C(C)(C)C)c(O)c(C)c1C. The van der Waals surface area contributed by atoms with Gasteiger partial charge in [0.05, 0.1) is 6.61 Å². The zero-order chi connectivity index (χ0) is 36.2. The summed E-state index contributed by atoms with van der Waals surface area (Å²) in [6.07, 6.45) is 30.5. The van der Waals surface area contributed by atoms with E-state index in [-0.39, 0.29) is 17.5 Å². The molecule has 0 bridgehead atoms. The Balaban J connectivity index is 2.36. The van der Waals surface area contributed by atoms with Crippen LogP contribution in [0.4, 0.5) is 0 Å². The predicted octanol–water partition coefficient (Wildman–Crippen LogP) is 13.5. The van der Waals surface area contributed by atoms with Crippen molar-refractivity contribution in [2.24, 2.45) is 0 Å². The number of aromatic hydroxyl groups is 1. The number of thioether (sulfide) groups is 1. The molecule has 1 aromatic rings. The molecule has 286 valence electrons. The Labute approximate surface area is 309 Å². The smallest absolute Gasteiger partial charge is 0.306 e. The van der Waals surface area contributed by atoms with Crippen LogP contribution in [0.2, 0.25) is 0 Å². The quantitative estimate of drug-likeness (QED) is 0.0598. The van der Waals surface area contributed by atoms with Crippen molar-refractivity contribution in [2.75, 3.05) is 24.7 Å². The molecule has 0 fully saturated rings. The van der Waals surface area contributed by atoms with Gasteiger partial charge in [0.1, 0.15) is 11.9 Å². The fourth-order valence-corrected chi connectivity index (χ4v) is 7.57. The lowest BCUT2D eigenvalue weighted by Gasteiger charge is -2.24. The molecule has 0 aromatic heterocycles. The van der Waals surface area contributed by atoms with Crippen LogP contribution in [0.25, 0.3) is 0 Å². The molecule has 0 saturated carbocycles. The molecule has 1 unspecified atom stereocenters. The van der Waals surface area contributed by atoms with Crippen LogP contribution in [0.15, 0.2) is 6.07 Å². The maximum Gasteiger partial charge on any atom is 0.306 e. The number of rotatable bonds is 32. The van der Waals surface area contributed by atoms with Crippen molar-refractivity contribution in [2.45, 2.75) is 214 Å². The van der Waals surface area contributed by atoms with Crippen LogP contribution in [0.1, 0.15) is 205 Å². The number of benzene rings is 1. The first-order chi connectivity index (χ1) is 23.6. The van der Waals surface area contributed by atoms with Gasteiger partial charge in [-0.2, -0.15) is 11.8 Å². The summed E-state index contributed by atoms with van der Waals surface area (Å²) in [6, 6.07) is 2.08. The molecule has 1 aromatic carbocycles. The van der Waals surface area contributed by atoms with Gasteiger partial charge < -0.3 is 14.6 Å². The fraction of sp³-hybridized carbons (Fsp3) is 0.841. The van der Waals surface area contributed by atoms with Gasteiger partial charge in [0, 0.05) is 18.8 Å². The van der Waals surface area contributed by atoms with Crippen molar-refractivity contribution in [3.63, 3.8) is 0 Å². The van der Waals surface area contributed by atoms with E-state index in [2.05, 4.69) is 40.7 Å². The van der Waals surface area contributed by atoms with Gasteiger partial charge >= 0.3 is 5.97 Å². The van der Waals surface area contributed by atoms with Gasteiger partial charge in [0.15, 0.2) is 0 Å². The van der Waals surface area contributed by atoms with E-state index in [4.69, 9.17) is 9.47 Å². The summed E-state index contributed by atoms with van der Waals surface area (Å²) in [7, 11) is 0. The number of esters is 1. The number of hydrogen-bond acceptors (Lipinski definition) is 5. The van der Waals surface area contributed by atoms with Crippen molar-refractivity contribution in [3.8, 4) is 5.75 Å². The molecule has 4 nitrogen and oxygen atoms in total. The topological polar surface area (TPSA) is 55.8 Å². The maximum absolute atomic E-state index is 13.1. The molecule has 0 amide bonds. The van der Waals surface area contributed by atoms with Crippen molar-refractivity contribution in [1.29, 1.82) is 0 Å². The molecular formula is C44H80O4S. The van der Waals surface area contributed by atoms with Crippen LogP contribution in [0.3, 0.4) is 0 Å². The van der Waals surface area contributed by atoms with Gasteiger partial charge in [0.2, 0.25) is 0 Å². The van der Waals surface area contributed by atoms with E-state index >= 15 is 0 Å². The number of aryl methyl sites for hydroxylation is 1. The Morgan fingerprint density at radius 3 is 1.67 bits per heavy atom. The third-order valence-electron chi connectivity index (χ3n) is 10.1. The summed E-state index contributed by atoms with van der Waals surface area (Å²) >= 11 is 1.91. The van der Waals surface area contributed by atoms with Crippen LogP contribution in [0.5, 0.6) is 5.75 Å². The van der Waals surface area contributed by atoms with E-state index in [0.717, 1.165) is 46.8 Å². The van der Waals surface area contributed by atoms with E-state index in [1.807, 2.05) is 25.6 Å². The molecule has 0 radical (unpaired) electrons. The van der Waals surface area contributed by atoms with Crippen LogP contribution in [-0.4, -0.2) is 41.9 Å². The van der Waals surface area contributed by atoms with Gasteiger partial charge in [-0.15, -0.1) is 0 Å². The lowest BCUT2D eigenvalue weighted by atomic mass is 9.82. The van der Waals surface area contributed by atoms with E-state index in [9.17, 15) is 9.90 Å². The molecule has 0 spiro atoms. The minimum absolute atomic E-state index is 0.154. The monoisotopic (exact) mass is 705 g/mol. The largest absolute Gasteiger partial charge is 0.507 e. The summed E-state index contributed by atoms with van der Waals surface area (Å²) in [6.45, 7) is 16.1. The average Bonchev–Trinajstić information content (AvgIpc) is 3.06. The molecule has 49 heavy (non-hydrogen) atoms. The van der Waals surface area contributed by atoms with Gasteiger partial charge in [0.25, 0.3) is 0 Å². The average molecular weight is 705 g/mol. The second-order valence-corrected chi connectivity index (χ2v) is 16.9. The Morgan fingerprint density at radius 1 is 0.714 bits per heavy atom. The van der Waals surface area contributed by atoms with E-state index < -0.39 is 0 Å². The number of unbranched alkanes of at least 4 members (excludes halogenated alkanes) is 20. The standard InChI is InChI=1S/C44H80O4S/c1-8-10-12-14-16-17-18-19-20-21-22-23-24-25-27-29-33-49-36-40(35-47-32-28-26-15-13-11-9-2)48-42(45)31-30-39-34-41(44(5,6)7)43(46)38(4)37(39)3/h34,40,46H,8-33,35-36H2,1-7H3. The van der Waals surface area contributed by atoms with Crippen molar-refractivity contribution in [3.05, 3.63) is 28.3 Å². The molecule has 0 aliphatic heterocycles. The van der Waals surface area contributed by atoms with Gasteiger partial charge in [-0.25, -0.2) is 0 Å². The Bertz CT molecular complexity index is 953. The van der Waals surface area contributed by atoms with Gasteiger partial charge in [-0.05, 0) is 66.5 Å². The van der Waals surface area contributed by atoms with Gasteiger partial charge in [-0.1, -0.05) is 169 Å². The molecule has 1 rings (SSSR count). The highest BCUT2D eigenvalue weighted by molar-refractivity contribution is 7.99. The second-order valence-electron chi connectivity index (χ2n) is 15.8. The first kappa shape index (κ1) is 45.8. The molecule has 0 saturated heterocycles. The lowest BCUT2D eigenvalue weighted by Crippen LogP contribution is -2.27. The van der Waals surface area contributed by atoms with Crippen molar-refractivity contribution in [1.82, 2.24) is 0 Å². The fourth-order valence-electron chi connectivity index (χ4n) is 6.57. The molecule has 1 N–H and O–H groups in total.